The van der Waals surface area contributed by atoms with Crippen LogP contribution in [0.15, 0.2) is 36.7 Å². The van der Waals surface area contributed by atoms with Gasteiger partial charge in [-0.3, -0.25) is 0 Å². The lowest BCUT2D eigenvalue weighted by molar-refractivity contribution is 0.367. The van der Waals surface area contributed by atoms with Crippen molar-refractivity contribution in [1.29, 1.82) is 0 Å². The molecule has 118 valence electrons. The number of piperidine rings is 1. The van der Waals surface area contributed by atoms with Crippen LogP contribution in [0.25, 0.3) is 0 Å². The molecular formula is C18H25N3S. The van der Waals surface area contributed by atoms with Gasteiger partial charge in [-0.15, -0.1) is 0 Å². The molecule has 1 aliphatic heterocycles. The van der Waals surface area contributed by atoms with Gasteiger partial charge in [0.2, 0.25) is 0 Å². The third-order valence-electron chi connectivity index (χ3n) is 4.35. The van der Waals surface area contributed by atoms with Gasteiger partial charge in [0.1, 0.15) is 5.82 Å². The third kappa shape index (κ3) is 4.89. The number of benzene rings is 1. The fourth-order valence-corrected chi connectivity index (χ4v) is 4.02. The van der Waals surface area contributed by atoms with E-state index in [1.807, 2.05) is 12.4 Å². The summed E-state index contributed by atoms with van der Waals surface area (Å²) < 4.78 is 0. The number of imidazole rings is 1. The molecule has 0 bridgehead atoms. The van der Waals surface area contributed by atoms with Crippen LogP contribution in [0.5, 0.6) is 0 Å². The van der Waals surface area contributed by atoms with Crippen LogP contribution in [-0.4, -0.2) is 28.8 Å². The van der Waals surface area contributed by atoms with Gasteiger partial charge >= 0.3 is 0 Å². The summed E-state index contributed by atoms with van der Waals surface area (Å²) in [5.41, 5.74) is 2.75. The Bertz CT molecular complexity index is 530. The van der Waals surface area contributed by atoms with E-state index in [0.717, 1.165) is 23.9 Å². The molecule has 1 aromatic carbocycles. The van der Waals surface area contributed by atoms with Gasteiger partial charge in [-0.1, -0.05) is 24.3 Å². The highest BCUT2D eigenvalue weighted by Crippen LogP contribution is 2.21. The van der Waals surface area contributed by atoms with E-state index in [-0.39, 0.29) is 0 Å². The molecule has 0 unspecified atom stereocenters. The van der Waals surface area contributed by atoms with Gasteiger partial charge in [0.05, 0.1) is 0 Å². The highest BCUT2D eigenvalue weighted by atomic mass is 32.2. The molecule has 0 spiro atoms. The van der Waals surface area contributed by atoms with Gasteiger partial charge < -0.3 is 10.3 Å². The van der Waals surface area contributed by atoms with Gasteiger partial charge in [0.25, 0.3) is 0 Å². The molecule has 1 fully saturated rings. The minimum absolute atomic E-state index is 0.885. The summed E-state index contributed by atoms with van der Waals surface area (Å²) in [7, 11) is 0. The smallest absolute Gasteiger partial charge is 0.110 e. The van der Waals surface area contributed by atoms with Crippen molar-refractivity contribution < 1.29 is 0 Å². The molecule has 1 aliphatic rings. The van der Waals surface area contributed by atoms with Gasteiger partial charge in [-0.2, -0.15) is 11.8 Å². The minimum Gasteiger partial charge on any atom is -0.348 e. The number of aromatic amines is 1. The Morgan fingerprint density at radius 3 is 2.59 bits per heavy atom. The first-order valence-electron chi connectivity index (χ1n) is 8.25. The zero-order valence-corrected chi connectivity index (χ0v) is 13.9. The molecule has 1 saturated heterocycles. The summed E-state index contributed by atoms with van der Waals surface area (Å²) in [5, 5.41) is 3.44. The Balaban J connectivity index is 1.37. The van der Waals surface area contributed by atoms with E-state index in [1.165, 1.54) is 49.2 Å². The normalized spacial score (nSPS) is 16.0. The Labute approximate surface area is 137 Å². The molecule has 0 atom stereocenters. The second-order valence-electron chi connectivity index (χ2n) is 6.06. The summed E-state index contributed by atoms with van der Waals surface area (Å²) in [4.78, 5) is 7.43. The lowest BCUT2D eigenvalue weighted by Gasteiger charge is -2.22. The Morgan fingerprint density at radius 2 is 1.86 bits per heavy atom. The molecule has 2 N–H and O–H groups in total. The molecular weight excluding hydrogens is 290 g/mol. The number of aromatic nitrogens is 2. The van der Waals surface area contributed by atoms with Crippen molar-refractivity contribution in [2.24, 2.45) is 5.92 Å². The van der Waals surface area contributed by atoms with E-state index in [0.29, 0.717) is 0 Å². The monoisotopic (exact) mass is 315 g/mol. The average molecular weight is 315 g/mol. The van der Waals surface area contributed by atoms with Crippen LogP contribution in [0.3, 0.4) is 0 Å². The van der Waals surface area contributed by atoms with Crippen molar-refractivity contribution in [3.63, 3.8) is 0 Å². The molecule has 0 saturated carbocycles. The fourth-order valence-electron chi connectivity index (χ4n) is 2.95. The number of hydrogen-bond acceptors (Lipinski definition) is 3. The van der Waals surface area contributed by atoms with Crippen LogP contribution >= 0.6 is 11.8 Å². The van der Waals surface area contributed by atoms with Crippen molar-refractivity contribution in [3.05, 3.63) is 53.6 Å². The second-order valence-corrected chi connectivity index (χ2v) is 7.17. The third-order valence-corrected chi connectivity index (χ3v) is 5.41. The van der Waals surface area contributed by atoms with Gasteiger partial charge in [0.15, 0.2) is 0 Å². The maximum atomic E-state index is 4.27. The number of nitrogens with zero attached hydrogens (tertiary/aromatic N) is 1. The molecule has 3 nitrogen and oxygen atoms in total. The van der Waals surface area contributed by atoms with Crippen molar-refractivity contribution in [2.75, 3.05) is 18.8 Å². The second kappa shape index (κ2) is 8.39. The van der Waals surface area contributed by atoms with Gasteiger partial charge in [-0.05, 0) is 55.1 Å². The summed E-state index contributed by atoms with van der Waals surface area (Å²) in [6.45, 7) is 2.43. The predicted molar refractivity (Wildman–Crippen MR) is 94.2 cm³/mol. The summed E-state index contributed by atoms with van der Waals surface area (Å²) in [6, 6.07) is 8.97. The standard InChI is InChI=1S/C18H25N3S/c1-3-17(4-2-16(1)13-18-20-10-11-21-18)14-22-12-7-15-5-8-19-9-6-15/h1-4,10-11,15,19H,5-9,12-14H2,(H,20,21). The van der Waals surface area contributed by atoms with Crippen LogP contribution in [-0.2, 0) is 12.2 Å². The van der Waals surface area contributed by atoms with E-state index in [9.17, 15) is 0 Å². The lowest BCUT2D eigenvalue weighted by Crippen LogP contribution is -2.27. The molecule has 2 aromatic rings. The van der Waals surface area contributed by atoms with Gasteiger partial charge in [-0.25, -0.2) is 4.98 Å². The molecule has 0 aliphatic carbocycles. The van der Waals surface area contributed by atoms with Crippen LogP contribution in [0, 0.1) is 5.92 Å². The zero-order valence-electron chi connectivity index (χ0n) is 13.1. The minimum atomic E-state index is 0.885. The molecule has 0 radical (unpaired) electrons. The molecule has 0 amide bonds. The first kappa shape index (κ1) is 15.6. The maximum Gasteiger partial charge on any atom is 0.110 e. The first-order chi connectivity index (χ1) is 10.9. The zero-order chi connectivity index (χ0) is 15.0. The lowest BCUT2D eigenvalue weighted by atomic mass is 9.96. The molecule has 2 heterocycles. The van der Waals surface area contributed by atoms with Crippen LogP contribution < -0.4 is 5.32 Å². The van der Waals surface area contributed by atoms with E-state index < -0.39 is 0 Å². The summed E-state index contributed by atoms with van der Waals surface area (Å²) in [5.74, 6) is 4.40. The number of nitrogens with one attached hydrogen (secondary N) is 2. The first-order valence-corrected chi connectivity index (χ1v) is 9.40. The van der Waals surface area contributed by atoms with Crippen molar-refractivity contribution in [3.8, 4) is 0 Å². The van der Waals surface area contributed by atoms with E-state index in [4.69, 9.17) is 0 Å². The number of H-pyrrole nitrogens is 1. The van der Waals surface area contributed by atoms with Gasteiger partial charge in [0, 0.05) is 24.6 Å². The topological polar surface area (TPSA) is 40.7 Å². The molecule has 4 heteroatoms. The fraction of sp³-hybridized carbons (Fsp3) is 0.500. The van der Waals surface area contributed by atoms with Crippen LogP contribution in [0.4, 0.5) is 0 Å². The Kier molecular flexibility index (Phi) is 5.96. The molecule has 3 rings (SSSR count). The molecule has 22 heavy (non-hydrogen) atoms. The Morgan fingerprint density at radius 1 is 1.09 bits per heavy atom. The van der Waals surface area contributed by atoms with E-state index >= 15 is 0 Å². The number of hydrogen-bond donors (Lipinski definition) is 2. The molecule has 1 aromatic heterocycles. The summed E-state index contributed by atoms with van der Waals surface area (Å²) >= 11 is 2.07. The highest BCUT2D eigenvalue weighted by Gasteiger charge is 2.12. The van der Waals surface area contributed by atoms with E-state index in [1.54, 1.807) is 0 Å². The predicted octanol–water partition coefficient (Wildman–Crippen LogP) is 3.62. The van der Waals surface area contributed by atoms with Crippen LogP contribution in [0.1, 0.15) is 36.2 Å². The van der Waals surface area contributed by atoms with Crippen molar-refractivity contribution in [1.82, 2.24) is 15.3 Å². The van der Waals surface area contributed by atoms with E-state index in [2.05, 4.69) is 51.3 Å². The number of rotatable bonds is 7. The largest absolute Gasteiger partial charge is 0.348 e. The van der Waals surface area contributed by atoms with Crippen molar-refractivity contribution in [2.45, 2.75) is 31.4 Å². The maximum absolute atomic E-state index is 4.27. The quantitative estimate of drug-likeness (QED) is 0.767. The van der Waals surface area contributed by atoms with Crippen molar-refractivity contribution >= 4 is 11.8 Å². The van der Waals surface area contributed by atoms with Crippen LogP contribution in [0.2, 0.25) is 0 Å². The Hall–Kier alpha value is -1.26. The summed E-state index contributed by atoms with van der Waals surface area (Å²) in [6.07, 6.45) is 8.68. The SMILES string of the molecule is c1c[nH]c(Cc2ccc(CSCCC3CCNCC3)cc2)n1. The highest BCUT2D eigenvalue weighted by molar-refractivity contribution is 7.98. The average Bonchev–Trinajstić information content (AvgIpc) is 3.07. The number of thioether (sulfide) groups is 1.